The topological polar surface area (TPSA) is 78.2 Å². The molecule has 0 aliphatic carbocycles. The Hall–Kier alpha value is -3.24. The number of anilines is 2. The predicted octanol–water partition coefficient (Wildman–Crippen LogP) is 3.67. The van der Waals surface area contributed by atoms with Crippen LogP contribution >= 0.6 is 0 Å². The molecule has 0 spiro atoms. The third kappa shape index (κ3) is 4.30. The molecule has 0 amide bonds. The molecule has 1 aliphatic rings. The number of para-hydroxylation sites is 1. The van der Waals surface area contributed by atoms with E-state index in [1.807, 2.05) is 30.3 Å². The van der Waals surface area contributed by atoms with Gasteiger partial charge in [0.15, 0.2) is 0 Å². The van der Waals surface area contributed by atoms with E-state index in [4.69, 9.17) is 14.7 Å². The summed E-state index contributed by atoms with van der Waals surface area (Å²) < 4.78 is 5.33. The average Bonchev–Trinajstić information content (AvgIpc) is 2.78. The lowest BCUT2D eigenvalue weighted by atomic mass is 9.95. The quantitative estimate of drug-likeness (QED) is 0.642. The number of nitrogens with zero attached hydrogens (tertiary/aromatic N) is 6. The van der Waals surface area contributed by atoms with E-state index in [1.165, 1.54) is 0 Å². The molecule has 7 heteroatoms. The zero-order valence-corrected chi connectivity index (χ0v) is 18.6. The lowest BCUT2D eigenvalue weighted by Gasteiger charge is -2.38. The molecule has 0 saturated carbocycles. The van der Waals surface area contributed by atoms with Gasteiger partial charge in [-0.15, -0.1) is 0 Å². The summed E-state index contributed by atoms with van der Waals surface area (Å²) in [4.78, 5) is 18.6. The van der Waals surface area contributed by atoms with Gasteiger partial charge in [0.25, 0.3) is 0 Å². The van der Waals surface area contributed by atoms with Crippen LogP contribution in [0.1, 0.15) is 37.9 Å². The smallest absolute Gasteiger partial charge is 0.136 e. The first-order valence-electron chi connectivity index (χ1n) is 10.6. The molecule has 1 saturated heterocycles. The summed E-state index contributed by atoms with van der Waals surface area (Å²) in [5.41, 5.74) is 3.26. The largest absolute Gasteiger partial charge is 0.378 e. The number of rotatable bonds is 4. The Labute approximate surface area is 183 Å². The van der Waals surface area contributed by atoms with Gasteiger partial charge in [-0.2, -0.15) is 5.26 Å². The van der Waals surface area contributed by atoms with Crippen molar-refractivity contribution in [3.05, 3.63) is 53.6 Å². The van der Waals surface area contributed by atoms with Crippen LogP contribution in [0.25, 0.3) is 10.9 Å². The summed E-state index contributed by atoms with van der Waals surface area (Å²) in [6.45, 7) is 10.1. The van der Waals surface area contributed by atoms with E-state index in [2.05, 4.69) is 41.6 Å². The molecule has 0 bridgehead atoms. The Morgan fingerprint density at radius 3 is 2.45 bits per heavy atom. The van der Waals surface area contributed by atoms with Crippen LogP contribution < -0.4 is 9.80 Å². The van der Waals surface area contributed by atoms with Crippen LogP contribution in [0.2, 0.25) is 0 Å². The van der Waals surface area contributed by atoms with Gasteiger partial charge < -0.3 is 14.5 Å². The van der Waals surface area contributed by atoms with Gasteiger partial charge in [0, 0.05) is 56.4 Å². The molecule has 4 rings (SSSR count). The van der Waals surface area contributed by atoms with Gasteiger partial charge in [0.05, 0.1) is 29.1 Å². The monoisotopic (exact) mass is 416 g/mol. The highest BCUT2D eigenvalue weighted by atomic mass is 16.5. The van der Waals surface area contributed by atoms with E-state index in [9.17, 15) is 5.26 Å². The molecule has 160 valence electrons. The molecule has 0 radical (unpaired) electrons. The highest BCUT2D eigenvalue weighted by Crippen LogP contribution is 2.31. The van der Waals surface area contributed by atoms with Crippen LogP contribution in [0, 0.1) is 11.3 Å². The number of fused-ring (bicyclic) bond motifs is 1. The molecule has 2 aromatic heterocycles. The van der Waals surface area contributed by atoms with Crippen LogP contribution in [-0.2, 0) is 16.8 Å². The lowest BCUT2D eigenvalue weighted by molar-refractivity contribution is 0.181. The summed E-state index contributed by atoms with van der Waals surface area (Å²) in [7, 11) is 1.68. The van der Waals surface area contributed by atoms with Crippen molar-refractivity contribution in [2.75, 3.05) is 43.1 Å². The van der Waals surface area contributed by atoms with E-state index in [0.717, 1.165) is 60.1 Å². The van der Waals surface area contributed by atoms with Crippen molar-refractivity contribution < 1.29 is 4.74 Å². The maximum atomic E-state index is 9.67. The lowest BCUT2D eigenvalue weighted by Crippen LogP contribution is -2.47. The number of hydrogen-bond acceptors (Lipinski definition) is 7. The number of ether oxygens (including phenoxy) is 1. The summed E-state index contributed by atoms with van der Waals surface area (Å²) in [5.74, 6) is 1.76. The highest BCUT2D eigenvalue weighted by Gasteiger charge is 2.25. The molecule has 3 heterocycles. The van der Waals surface area contributed by atoms with Crippen LogP contribution in [0.4, 0.5) is 11.5 Å². The molecule has 31 heavy (non-hydrogen) atoms. The normalized spacial score (nSPS) is 14.7. The maximum Gasteiger partial charge on any atom is 0.136 e. The Kier molecular flexibility index (Phi) is 5.75. The van der Waals surface area contributed by atoms with E-state index in [-0.39, 0.29) is 5.41 Å². The van der Waals surface area contributed by atoms with E-state index < -0.39 is 0 Å². The third-order valence-electron chi connectivity index (χ3n) is 5.52. The Morgan fingerprint density at radius 1 is 1.06 bits per heavy atom. The minimum Gasteiger partial charge on any atom is -0.378 e. The molecule has 0 unspecified atom stereocenters. The summed E-state index contributed by atoms with van der Waals surface area (Å²) in [5, 5.41) is 10.7. The first-order chi connectivity index (χ1) is 14.9. The minimum atomic E-state index is -0.141. The molecule has 7 nitrogen and oxygen atoms in total. The average molecular weight is 417 g/mol. The molecular formula is C24H28N6O. The second-order valence-corrected chi connectivity index (χ2v) is 8.85. The molecule has 1 aromatic carbocycles. The van der Waals surface area contributed by atoms with Crippen molar-refractivity contribution in [1.82, 2.24) is 15.0 Å². The number of pyridine rings is 1. The van der Waals surface area contributed by atoms with Crippen LogP contribution in [0.3, 0.4) is 0 Å². The molecule has 1 fully saturated rings. The van der Waals surface area contributed by atoms with Crippen molar-refractivity contribution in [1.29, 1.82) is 5.26 Å². The number of methoxy groups -OCH3 is 1. The van der Waals surface area contributed by atoms with Gasteiger partial charge in [-0.25, -0.2) is 9.97 Å². The Balaban J connectivity index is 1.61. The van der Waals surface area contributed by atoms with Crippen molar-refractivity contribution in [2.45, 2.75) is 32.8 Å². The Morgan fingerprint density at radius 2 is 1.77 bits per heavy atom. The predicted molar refractivity (Wildman–Crippen MR) is 122 cm³/mol. The van der Waals surface area contributed by atoms with Crippen LogP contribution in [0.5, 0.6) is 0 Å². The highest BCUT2D eigenvalue weighted by molar-refractivity contribution is 5.94. The van der Waals surface area contributed by atoms with Gasteiger partial charge in [0.1, 0.15) is 17.7 Å². The number of piperazine rings is 1. The molecular weight excluding hydrogens is 388 g/mol. The molecule has 3 aromatic rings. The third-order valence-corrected chi connectivity index (χ3v) is 5.52. The maximum absolute atomic E-state index is 9.67. The van der Waals surface area contributed by atoms with E-state index in [0.29, 0.717) is 12.2 Å². The summed E-state index contributed by atoms with van der Waals surface area (Å²) >= 11 is 0. The van der Waals surface area contributed by atoms with Gasteiger partial charge in [-0.3, -0.25) is 4.98 Å². The minimum absolute atomic E-state index is 0.141. The fourth-order valence-electron chi connectivity index (χ4n) is 3.91. The molecule has 1 aliphatic heterocycles. The first-order valence-corrected chi connectivity index (χ1v) is 10.6. The number of aromatic nitrogens is 3. The number of benzene rings is 1. The van der Waals surface area contributed by atoms with Gasteiger partial charge in [-0.1, -0.05) is 39.0 Å². The Bertz CT molecular complexity index is 1120. The zero-order valence-electron chi connectivity index (χ0n) is 18.6. The standard InChI is InChI=1S/C24H28N6O/c1-24(2,3)23-27-18(16-31-4)13-21(28-23)29-9-11-30(12-10-29)22-17(14-25)15-26-20-8-6-5-7-19(20)22/h5-8,13,15H,9-12,16H2,1-4H3. The number of hydrogen-bond donors (Lipinski definition) is 0. The second-order valence-electron chi connectivity index (χ2n) is 8.85. The molecule has 0 atom stereocenters. The SMILES string of the molecule is COCc1cc(N2CCN(c3c(C#N)cnc4ccccc34)CC2)nc(C(C)(C)C)n1. The fraction of sp³-hybridized carbons (Fsp3) is 0.417. The zero-order chi connectivity index (χ0) is 22.0. The van der Waals surface area contributed by atoms with Crippen molar-refractivity contribution in [2.24, 2.45) is 0 Å². The van der Waals surface area contributed by atoms with E-state index in [1.54, 1.807) is 13.3 Å². The summed E-state index contributed by atoms with van der Waals surface area (Å²) in [6, 6.07) is 12.4. The van der Waals surface area contributed by atoms with Crippen molar-refractivity contribution >= 4 is 22.4 Å². The van der Waals surface area contributed by atoms with Crippen molar-refractivity contribution in [3.63, 3.8) is 0 Å². The molecule has 0 N–H and O–H groups in total. The first kappa shape index (κ1) is 21.0. The van der Waals surface area contributed by atoms with E-state index >= 15 is 0 Å². The van der Waals surface area contributed by atoms with Gasteiger partial charge in [-0.05, 0) is 6.07 Å². The number of nitriles is 1. The van der Waals surface area contributed by atoms with Crippen molar-refractivity contribution in [3.8, 4) is 6.07 Å². The van der Waals surface area contributed by atoms with Gasteiger partial charge in [0.2, 0.25) is 0 Å². The summed E-state index contributed by atoms with van der Waals surface area (Å²) in [6.07, 6.45) is 1.68. The second kappa shape index (κ2) is 8.48. The van der Waals surface area contributed by atoms with Crippen LogP contribution in [0.15, 0.2) is 36.5 Å². The van der Waals surface area contributed by atoms with Crippen LogP contribution in [-0.4, -0.2) is 48.2 Å². The fourth-order valence-corrected chi connectivity index (χ4v) is 3.91. The van der Waals surface area contributed by atoms with Gasteiger partial charge >= 0.3 is 0 Å².